The van der Waals surface area contributed by atoms with Crippen molar-refractivity contribution in [2.45, 2.75) is 57.2 Å². The number of fused-ring (bicyclic) bond motifs is 2. The molecule has 3 fully saturated rings. The molecule has 0 aromatic heterocycles. The standard InChI is InChI=1S/C21H28N2O5/c1-12(14(3)24)19(25)22-21-9-16(10-21)23(11-21)20(26)13(2)15-4-5-17-18(8-15)28-7-6-27-17/h4-5,8,12-14,16,24H,6-7,9-11H2,1-3H3,(H,22,25). The molecule has 0 radical (unpaired) electrons. The lowest BCUT2D eigenvalue weighted by Gasteiger charge is -2.38. The van der Waals surface area contributed by atoms with Crippen molar-refractivity contribution in [3.05, 3.63) is 23.8 Å². The molecule has 28 heavy (non-hydrogen) atoms. The van der Waals surface area contributed by atoms with Crippen molar-refractivity contribution >= 4 is 11.8 Å². The van der Waals surface area contributed by atoms with Gasteiger partial charge in [-0.15, -0.1) is 0 Å². The van der Waals surface area contributed by atoms with Gasteiger partial charge in [-0.3, -0.25) is 9.59 Å². The Kier molecular flexibility index (Phi) is 4.73. The largest absolute Gasteiger partial charge is 0.486 e. The zero-order valence-electron chi connectivity index (χ0n) is 16.6. The number of nitrogens with zero attached hydrogens (tertiary/aromatic N) is 1. The fourth-order valence-corrected chi connectivity index (χ4v) is 4.36. The maximum atomic E-state index is 13.1. The summed E-state index contributed by atoms with van der Waals surface area (Å²) in [5, 5.41) is 12.7. The quantitative estimate of drug-likeness (QED) is 0.797. The Bertz CT molecular complexity index is 787. The van der Waals surface area contributed by atoms with E-state index < -0.39 is 12.0 Å². The number of benzene rings is 1. The molecule has 0 spiro atoms. The van der Waals surface area contributed by atoms with Gasteiger partial charge in [-0.2, -0.15) is 0 Å². The van der Waals surface area contributed by atoms with Gasteiger partial charge in [-0.25, -0.2) is 0 Å². The van der Waals surface area contributed by atoms with Crippen LogP contribution in [-0.2, 0) is 9.59 Å². The van der Waals surface area contributed by atoms with Crippen LogP contribution in [0.15, 0.2) is 18.2 Å². The average molecular weight is 388 g/mol. The lowest BCUT2D eigenvalue weighted by molar-refractivity contribution is -0.132. The van der Waals surface area contributed by atoms with Crippen LogP contribution in [0.25, 0.3) is 0 Å². The summed E-state index contributed by atoms with van der Waals surface area (Å²) >= 11 is 0. The van der Waals surface area contributed by atoms with Gasteiger partial charge in [0.05, 0.1) is 23.5 Å². The van der Waals surface area contributed by atoms with Gasteiger partial charge in [0.25, 0.3) is 0 Å². The number of rotatable bonds is 5. The summed E-state index contributed by atoms with van der Waals surface area (Å²) in [5.41, 5.74) is 0.562. The first-order valence-electron chi connectivity index (χ1n) is 10.00. The second-order valence-corrected chi connectivity index (χ2v) is 8.45. The minimum atomic E-state index is -0.693. The highest BCUT2D eigenvalue weighted by Gasteiger charge is 2.58. The third-order valence-electron chi connectivity index (χ3n) is 6.41. The highest BCUT2D eigenvalue weighted by atomic mass is 16.6. The molecule has 3 atom stereocenters. The molecule has 4 aliphatic rings. The molecule has 1 aliphatic carbocycles. The van der Waals surface area contributed by atoms with Crippen molar-refractivity contribution in [2.75, 3.05) is 19.8 Å². The minimum absolute atomic E-state index is 0.0684. The Balaban J connectivity index is 1.42. The third-order valence-corrected chi connectivity index (χ3v) is 6.41. The summed E-state index contributed by atoms with van der Waals surface area (Å²) in [6.45, 7) is 6.82. The molecule has 7 nitrogen and oxygen atoms in total. The number of carbonyl (C=O) groups is 2. The molecule has 3 unspecified atom stereocenters. The van der Waals surface area contributed by atoms with Crippen molar-refractivity contribution in [3.8, 4) is 11.5 Å². The molecule has 2 N–H and O–H groups in total. The van der Waals surface area contributed by atoms with E-state index in [2.05, 4.69) is 5.32 Å². The maximum absolute atomic E-state index is 13.1. The van der Waals surface area contributed by atoms with Gasteiger partial charge in [0.2, 0.25) is 11.8 Å². The molecule has 5 rings (SSSR count). The zero-order valence-corrected chi connectivity index (χ0v) is 16.6. The maximum Gasteiger partial charge on any atom is 0.230 e. The third kappa shape index (κ3) is 3.21. The summed E-state index contributed by atoms with van der Waals surface area (Å²) < 4.78 is 11.2. The predicted octanol–water partition coefficient (Wildman–Crippen LogP) is 1.44. The van der Waals surface area contributed by atoms with Crippen molar-refractivity contribution in [1.29, 1.82) is 0 Å². The number of aliphatic hydroxyl groups excluding tert-OH is 1. The number of nitrogens with one attached hydrogen (secondary N) is 1. The van der Waals surface area contributed by atoms with Gasteiger partial charge < -0.3 is 24.8 Å². The van der Waals surface area contributed by atoms with E-state index >= 15 is 0 Å². The van der Waals surface area contributed by atoms with E-state index in [0.29, 0.717) is 31.3 Å². The topological polar surface area (TPSA) is 88.1 Å². The van der Waals surface area contributed by atoms with E-state index in [1.165, 1.54) is 0 Å². The molecule has 152 valence electrons. The van der Waals surface area contributed by atoms with Crippen LogP contribution >= 0.6 is 0 Å². The predicted molar refractivity (Wildman–Crippen MR) is 102 cm³/mol. The van der Waals surface area contributed by atoms with Gasteiger partial charge in [-0.1, -0.05) is 13.0 Å². The van der Waals surface area contributed by atoms with Crippen LogP contribution in [0.3, 0.4) is 0 Å². The Morgan fingerprint density at radius 3 is 2.54 bits per heavy atom. The number of carbonyl (C=O) groups excluding carboxylic acids is 2. The van der Waals surface area contributed by atoms with Crippen LogP contribution in [0, 0.1) is 5.92 Å². The summed E-state index contributed by atoms with van der Waals surface area (Å²) in [5.74, 6) is 0.563. The Morgan fingerprint density at radius 1 is 1.18 bits per heavy atom. The molecule has 2 bridgehead atoms. The lowest BCUT2D eigenvalue weighted by atomic mass is 9.77. The molecule has 1 aromatic rings. The number of ether oxygens (including phenoxy) is 2. The molecule has 3 heterocycles. The smallest absolute Gasteiger partial charge is 0.230 e. The van der Waals surface area contributed by atoms with E-state index in [4.69, 9.17) is 9.47 Å². The van der Waals surface area contributed by atoms with E-state index in [9.17, 15) is 14.7 Å². The normalized spacial score (nSPS) is 28.1. The van der Waals surface area contributed by atoms with E-state index in [1.54, 1.807) is 13.8 Å². The summed E-state index contributed by atoms with van der Waals surface area (Å²) in [7, 11) is 0. The van der Waals surface area contributed by atoms with Crippen molar-refractivity contribution in [1.82, 2.24) is 10.2 Å². The van der Waals surface area contributed by atoms with Crippen LogP contribution in [0.2, 0.25) is 0 Å². The van der Waals surface area contributed by atoms with Crippen LogP contribution in [0.1, 0.15) is 45.1 Å². The van der Waals surface area contributed by atoms with Crippen molar-refractivity contribution in [3.63, 3.8) is 0 Å². The SMILES string of the molecule is CC(C(=O)N1CC2(NC(=O)C(C)C(C)O)CC1C2)c1ccc2c(c1)OCCO2. The second kappa shape index (κ2) is 6.95. The highest BCUT2D eigenvalue weighted by Crippen LogP contribution is 2.46. The fourth-order valence-electron chi connectivity index (χ4n) is 4.36. The average Bonchev–Trinajstić information content (AvgIpc) is 3.21. The van der Waals surface area contributed by atoms with Gasteiger partial charge in [0, 0.05) is 12.6 Å². The molecule has 1 aromatic carbocycles. The molecule has 2 amide bonds. The van der Waals surface area contributed by atoms with E-state index in [-0.39, 0.29) is 29.3 Å². The molecule has 3 aliphatic heterocycles. The van der Waals surface area contributed by atoms with E-state index in [0.717, 1.165) is 18.4 Å². The lowest BCUT2D eigenvalue weighted by Crippen LogP contribution is -2.56. The van der Waals surface area contributed by atoms with Gasteiger partial charge in [0.1, 0.15) is 13.2 Å². The number of hydrogen-bond donors (Lipinski definition) is 2. The monoisotopic (exact) mass is 388 g/mol. The number of amides is 2. The van der Waals surface area contributed by atoms with Crippen LogP contribution in [0.4, 0.5) is 0 Å². The zero-order chi connectivity index (χ0) is 20.1. The summed E-state index contributed by atoms with van der Waals surface area (Å²) in [6.07, 6.45) is 0.872. The van der Waals surface area contributed by atoms with Crippen molar-refractivity contribution < 1.29 is 24.2 Å². The molecular formula is C21H28N2O5. The van der Waals surface area contributed by atoms with Gasteiger partial charge in [0.15, 0.2) is 11.5 Å². The summed E-state index contributed by atoms with van der Waals surface area (Å²) in [4.78, 5) is 27.4. The molecule has 1 saturated carbocycles. The Labute approximate surface area is 165 Å². The first kappa shape index (κ1) is 19.1. The molecular weight excluding hydrogens is 360 g/mol. The van der Waals surface area contributed by atoms with E-state index in [1.807, 2.05) is 30.0 Å². The Hall–Kier alpha value is -2.28. The van der Waals surface area contributed by atoms with Crippen LogP contribution in [0.5, 0.6) is 11.5 Å². The second-order valence-electron chi connectivity index (χ2n) is 8.45. The number of hydrogen-bond acceptors (Lipinski definition) is 5. The highest BCUT2D eigenvalue weighted by molar-refractivity contribution is 5.86. The fraction of sp³-hybridized carbons (Fsp3) is 0.619. The first-order valence-corrected chi connectivity index (χ1v) is 10.00. The van der Waals surface area contributed by atoms with Crippen molar-refractivity contribution in [2.24, 2.45) is 5.92 Å². The first-order chi connectivity index (χ1) is 13.3. The minimum Gasteiger partial charge on any atom is -0.486 e. The van der Waals surface area contributed by atoms with Crippen LogP contribution in [-0.4, -0.2) is 59.3 Å². The number of aliphatic hydroxyl groups is 1. The van der Waals surface area contributed by atoms with Gasteiger partial charge >= 0.3 is 0 Å². The molecule has 7 heteroatoms. The molecule has 2 saturated heterocycles. The van der Waals surface area contributed by atoms with Crippen LogP contribution < -0.4 is 14.8 Å². The van der Waals surface area contributed by atoms with Gasteiger partial charge in [-0.05, 0) is 44.4 Å². The Morgan fingerprint density at radius 2 is 1.86 bits per heavy atom. The summed E-state index contributed by atoms with van der Waals surface area (Å²) in [6, 6.07) is 5.84.